The van der Waals surface area contributed by atoms with Gasteiger partial charge in [0.1, 0.15) is 6.04 Å². The molecule has 1 unspecified atom stereocenters. The van der Waals surface area contributed by atoms with Crippen LogP contribution in [0, 0.1) is 0 Å². The molecule has 5 nitrogen and oxygen atoms in total. The normalized spacial score (nSPS) is 11.9. The van der Waals surface area contributed by atoms with Gasteiger partial charge in [0.25, 0.3) is 5.91 Å². The van der Waals surface area contributed by atoms with E-state index in [-0.39, 0.29) is 5.91 Å². The smallest absolute Gasteiger partial charge is 0.326 e. The average Bonchev–Trinajstić information content (AvgIpc) is 2.49. The second-order valence-corrected chi connectivity index (χ2v) is 5.64. The molecular formula is C15H22N2O3S. The third-order valence-corrected chi connectivity index (χ3v) is 3.76. The Hall–Kier alpha value is -1.53. The molecule has 0 saturated heterocycles. The first-order chi connectivity index (χ1) is 10.1. The molecule has 0 radical (unpaired) electrons. The van der Waals surface area contributed by atoms with Crippen LogP contribution >= 0.6 is 11.8 Å². The molecule has 0 saturated carbocycles. The Morgan fingerprint density at radius 3 is 2.67 bits per heavy atom. The summed E-state index contributed by atoms with van der Waals surface area (Å²) in [7, 11) is 1.85. The predicted molar refractivity (Wildman–Crippen MR) is 86.0 cm³/mol. The fraction of sp³-hybridized carbons (Fsp3) is 0.467. The van der Waals surface area contributed by atoms with E-state index < -0.39 is 12.0 Å². The molecule has 1 atom stereocenters. The topological polar surface area (TPSA) is 78.4 Å². The van der Waals surface area contributed by atoms with Crippen molar-refractivity contribution in [2.75, 3.05) is 25.6 Å². The highest BCUT2D eigenvalue weighted by atomic mass is 32.2. The van der Waals surface area contributed by atoms with E-state index in [0.717, 1.165) is 18.5 Å². The lowest BCUT2D eigenvalue weighted by Crippen LogP contribution is -2.41. The fourth-order valence-corrected chi connectivity index (χ4v) is 2.42. The SMILES string of the molecule is CNCCc1ccccc1C(=O)NC(CCSC)C(=O)O. The van der Waals surface area contributed by atoms with Crippen LogP contribution < -0.4 is 10.6 Å². The molecule has 116 valence electrons. The van der Waals surface area contributed by atoms with Gasteiger partial charge >= 0.3 is 5.97 Å². The van der Waals surface area contributed by atoms with Gasteiger partial charge in [-0.05, 0) is 50.1 Å². The third kappa shape index (κ3) is 5.77. The fourth-order valence-electron chi connectivity index (χ4n) is 1.95. The van der Waals surface area contributed by atoms with Crippen molar-refractivity contribution in [1.29, 1.82) is 0 Å². The largest absolute Gasteiger partial charge is 0.480 e. The van der Waals surface area contributed by atoms with E-state index in [1.807, 2.05) is 25.4 Å². The number of rotatable bonds is 9. The zero-order valence-electron chi connectivity index (χ0n) is 12.4. The van der Waals surface area contributed by atoms with Crippen LogP contribution in [0.5, 0.6) is 0 Å². The van der Waals surface area contributed by atoms with Crippen LogP contribution in [-0.4, -0.2) is 48.6 Å². The number of hydrogen-bond acceptors (Lipinski definition) is 4. The van der Waals surface area contributed by atoms with Crippen molar-refractivity contribution in [2.45, 2.75) is 18.9 Å². The Morgan fingerprint density at radius 1 is 1.33 bits per heavy atom. The van der Waals surface area contributed by atoms with Gasteiger partial charge in [0.15, 0.2) is 0 Å². The van der Waals surface area contributed by atoms with Gasteiger partial charge in [-0.25, -0.2) is 4.79 Å². The number of aliphatic carboxylic acids is 1. The summed E-state index contributed by atoms with van der Waals surface area (Å²) in [6.07, 6.45) is 3.05. The summed E-state index contributed by atoms with van der Waals surface area (Å²) >= 11 is 1.56. The van der Waals surface area contributed by atoms with E-state index in [0.29, 0.717) is 17.7 Å². The number of thioether (sulfide) groups is 1. The van der Waals surface area contributed by atoms with E-state index in [2.05, 4.69) is 10.6 Å². The van der Waals surface area contributed by atoms with E-state index in [1.165, 1.54) is 0 Å². The van der Waals surface area contributed by atoms with E-state index in [1.54, 1.807) is 23.9 Å². The molecule has 3 N–H and O–H groups in total. The van der Waals surface area contributed by atoms with Gasteiger partial charge in [0.05, 0.1) is 0 Å². The van der Waals surface area contributed by atoms with Gasteiger partial charge in [-0.15, -0.1) is 0 Å². The summed E-state index contributed by atoms with van der Waals surface area (Å²) in [4.78, 5) is 23.5. The molecule has 21 heavy (non-hydrogen) atoms. The van der Waals surface area contributed by atoms with Gasteiger partial charge in [-0.2, -0.15) is 11.8 Å². The summed E-state index contributed by atoms with van der Waals surface area (Å²) in [5.74, 6) is -0.626. The van der Waals surface area contributed by atoms with Gasteiger partial charge in [0.2, 0.25) is 0 Å². The first kappa shape index (κ1) is 17.5. The first-order valence-corrected chi connectivity index (χ1v) is 8.24. The number of carbonyl (C=O) groups excluding carboxylic acids is 1. The minimum absolute atomic E-state index is 0.324. The second-order valence-electron chi connectivity index (χ2n) is 4.66. The van der Waals surface area contributed by atoms with E-state index >= 15 is 0 Å². The van der Waals surface area contributed by atoms with Crippen LogP contribution in [-0.2, 0) is 11.2 Å². The maximum absolute atomic E-state index is 12.3. The summed E-state index contributed by atoms with van der Waals surface area (Å²) in [6.45, 7) is 0.763. The summed E-state index contributed by atoms with van der Waals surface area (Å²) in [5, 5.41) is 14.8. The first-order valence-electron chi connectivity index (χ1n) is 6.85. The lowest BCUT2D eigenvalue weighted by Gasteiger charge is -2.15. The molecule has 0 heterocycles. The number of carboxylic acid groups (broad SMARTS) is 1. The number of likely N-dealkylation sites (N-methyl/N-ethyl adjacent to an activating group) is 1. The number of hydrogen-bond donors (Lipinski definition) is 3. The van der Waals surface area contributed by atoms with E-state index in [4.69, 9.17) is 0 Å². The highest BCUT2D eigenvalue weighted by Gasteiger charge is 2.21. The van der Waals surface area contributed by atoms with Crippen LogP contribution in [0.25, 0.3) is 0 Å². The molecule has 0 aliphatic rings. The van der Waals surface area contributed by atoms with Gasteiger partial charge < -0.3 is 15.7 Å². The molecule has 0 aliphatic heterocycles. The van der Waals surface area contributed by atoms with Crippen LogP contribution in [0.2, 0.25) is 0 Å². The quantitative estimate of drug-likeness (QED) is 0.642. The highest BCUT2D eigenvalue weighted by Crippen LogP contribution is 2.10. The number of nitrogens with one attached hydrogen (secondary N) is 2. The Balaban J connectivity index is 2.79. The summed E-state index contributed by atoms with van der Waals surface area (Å²) in [5.41, 5.74) is 1.46. The Bertz CT molecular complexity index is 480. The van der Waals surface area contributed by atoms with Crippen LogP contribution in [0.4, 0.5) is 0 Å². The minimum atomic E-state index is -0.995. The lowest BCUT2D eigenvalue weighted by molar-refractivity contribution is -0.139. The lowest BCUT2D eigenvalue weighted by atomic mass is 10.0. The third-order valence-electron chi connectivity index (χ3n) is 3.12. The van der Waals surface area contributed by atoms with Crippen molar-refractivity contribution in [3.63, 3.8) is 0 Å². The van der Waals surface area contributed by atoms with Crippen molar-refractivity contribution >= 4 is 23.6 Å². The summed E-state index contributed by atoms with van der Waals surface area (Å²) < 4.78 is 0. The molecule has 1 aromatic carbocycles. The maximum Gasteiger partial charge on any atom is 0.326 e. The molecule has 1 aromatic rings. The van der Waals surface area contributed by atoms with Crippen molar-refractivity contribution in [1.82, 2.24) is 10.6 Å². The molecule has 0 bridgehead atoms. The zero-order valence-corrected chi connectivity index (χ0v) is 13.2. The van der Waals surface area contributed by atoms with Crippen molar-refractivity contribution in [2.24, 2.45) is 0 Å². The maximum atomic E-state index is 12.3. The Labute approximate surface area is 129 Å². The number of carboxylic acids is 1. The molecule has 0 aliphatic carbocycles. The Morgan fingerprint density at radius 2 is 2.05 bits per heavy atom. The van der Waals surface area contributed by atoms with E-state index in [9.17, 15) is 14.7 Å². The average molecular weight is 310 g/mol. The molecule has 0 fully saturated rings. The Kier molecular flexibility index (Phi) is 7.85. The second kappa shape index (κ2) is 9.41. The van der Waals surface area contributed by atoms with Crippen molar-refractivity contribution in [3.05, 3.63) is 35.4 Å². The van der Waals surface area contributed by atoms with Crippen molar-refractivity contribution in [3.8, 4) is 0 Å². The molecular weight excluding hydrogens is 288 g/mol. The van der Waals surface area contributed by atoms with Crippen LogP contribution in [0.15, 0.2) is 24.3 Å². The predicted octanol–water partition coefficient (Wildman–Crippen LogP) is 1.38. The standard InChI is InChI=1S/C15H22N2O3S/c1-16-9-7-11-5-3-4-6-12(11)14(18)17-13(15(19)20)8-10-21-2/h3-6,13,16H,7-10H2,1-2H3,(H,17,18)(H,19,20). The molecule has 1 amide bonds. The minimum Gasteiger partial charge on any atom is -0.480 e. The van der Waals surface area contributed by atoms with Crippen molar-refractivity contribution < 1.29 is 14.7 Å². The molecule has 1 rings (SSSR count). The number of amides is 1. The molecule has 0 spiro atoms. The zero-order chi connectivity index (χ0) is 15.7. The number of benzene rings is 1. The van der Waals surface area contributed by atoms with Gasteiger partial charge in [0, 0.05) is 5.56 Å². The molecule has 6 heteroatoms. The van der Waals surface area contributed by atoms with Crippen LogP contribution in [0.3, 0.4) is 0 Å². The number of carbonyl (C=O) groups is 2. The van der Waals surface area contributed by atoms with Gasteiger partial charge in [-0.1, -0.05) is 18.2 Å². The monoisotopic (exact) mass is 310 g/mol. The molecule has 0 aromatic heterocycles. The van der Waals surface area contributed by atoms with Gasteiger partial charge in [-0.3, -0.25) is 4.79 Å². The summed E-state index contributed by atoms with van der Waals surface area (Å²) in [6, 6.07) is 6.44. The highest BCUT2D eigenvalue weighted by molar-refractivity contribution is 7.98. The van der Waals surface area contributed by atoms with Crippen LogP contribution in [0.1, 0.15) is 22.3 Å².